The summed E-state index contributed by atoms with van der Waals surface area (Å²) in [5.74, 6) is 2.33. The lowest BCUT2D eigenvalue weighted by atomic mass is 9.89. The number of anilines is 3. The molecule has 1 aliphatic carbocycles. The van der Waals surface area contributed by atoms with Crippen LogP contribution in [0.4, 0.5) is 17.6 Å². The van der Waals surface area contributed by atoms with Gasteiger partial charge in [0, 0.05) is 44.5 Å². The fourth-order valence-corrected chi connectivity index (χ4v) is 3.74. The number of nitrogens with zero attached hydrogens (tertiary/aromatic N) is 6. The first-order valence-corrected chi connectivity index (χ1v) is 9.71. The Morgan fingerprint density at radius 3 is 2.30 bits per heavy atom. The van der Waals surface area contributed by atoms with Crippen molar-refractivity contribution in [2.45, 2.75) is 32.1 Å². The molecular formula is C19H25N7O. The molecule has 0 radical (unpaired) electrons. The fourth-order valence-electron chi connectivity index (χ4n) is 3.74. The van der Waals surface area contributed by atoms with Crippen LogP contribution in [-0.4, -0.2) is 52.3 Å². The molecule has 142 valence electrons. The molecule has 2 aliphatic rings. The van der Waals surface area contributed by atoms with E-state index < -0.39 is 0 Å². The van der Waals surface area contributed by atoms with Crippen molar-refractivity contribution in [3.8, 4) is 0 Å². The van der Waals surface area contributed by atoms with E-state index in [2.05, 4.69) is 35.3 Å². The molecule has 0 unspecified atom stereocenters. The molecule has 4 rings (SSSR count). The third kappa shape index (κ3) is 4.32. The van der Waals surface area contributed by atoms with E-state index in [1.165, 1.54) is 6.42 Å². The van der Waals surface area contributed by atoms with Crippen molar-refractivity contribution in [1.82, 2.24) is 20.2 Å². The number of carbonyl (C=O) groups excluding carboxylic acids is 1. The second-order valence-electron chi connectivity index (χ2n) is 7.12. The zero-order chi connectivity index (χ0) is 18.5. The van der Waals surface area contributed by atoms with Crippen molar-refractivity contribution in [2.24, 2.45) is 5.92 Å². The molecule has 3 heterocycles. The highest BCUT2D eigenvalue weighted by Gasteiger charge is 2.22. The minimum atomic E-state index is 0.0771. The zero-order valence-corrected chi connectivity index (χ0v) is 15.4. The van der Waals surface area contributed by atoms with Crippen LogP contribution < -0.4 is 15.1 Å². The highest BCUT2D eigenvalue weighted by Crippen LogP contribution is 2.25. The smallest absolute Gasteiger partial charge is 0.228 e. The molecule has 2 aromatic rings. The van der Waals surface area contributed by atoms with Crippen LogP contribution in [0.5, 0.6) is 0 Å². The van der Waals surface area contributed by atoms with Crippen molar-refractivity contribution in [2.75, 3.05) is 41.3 Å². The maximum Gasteiger partial charge on any atom is 0.228 e. The van der Waals surface area contributed by atoms with Gasteiger partial charge in [-0.15, -0.1) is 10.2 Å². The van der Waals surface area contributed by atoms with Gasteiger partial charge < -0.3 is 15.1 Å². The normalized spacial score (nSPS) is 18.4. The summed E-state index contributed by atoms with van der Waals surface area (Å²) in [5, 5.41) is 11.4. The number of aromatic nitrogens is 4. The minimum Gasteiger partial charge on any atom is -0.352 e. The molecule has 0 atom stereocenters. The maximum atomic E-state index is 12.3. The standard InChI is InChI=1S/C19H25N7O/c27-18(15-5-2-1-3-6-15)22-16-7-8-17(24-23-16)25-11-13-26(14-12-25)19-20-9-4-10-21-19/h4,7-10,15H,1-3,5-6,11-14H2,(H,22,23,27). The maximum absolute atomic E-state index is 12.3. The van der Waals surface area contributed by atoms with Gasteiger partial charge in [-0.25, -0.2) is 9.97 Å². The van der Waals surface area contributed by atoms with Crippen LogP contribution in [0.3, 0.4) is 0 Å². The Kier molecular flexibility index (Phi) is 5.41. The van der Waals surface area contributed by atoms with Crippen molar-refractivity contribution < 1.29 is 4.79 Å². The topological polar surface area (TPSA) is 87.1 Å². The van der Waals surface area contributed by atoms with Gasteiger partial charge in [-0.05, 0) is 31.0 Å². The van der Waals surface area contributed by atoms with E-state index in [1.54, 1.807) is 12.4 Å². The van der Waals surface area contributed by atoms with Gasteiger partial charge in [0.15, 0.2) is 11.6 Å². The van der Waals surface area contributed by atoms with Gasteiger partial charge in [0.05, 0.1) is 0 Å². The van der Waals surface area contributed by atoms with Crippen LogP contribution in [0.25, 0.3) is 0 Å². The summed E-state index contributed by atoms with van der Waals surface area (Å²) in [7, 11) is 0. The number of piperazine rings is 1. The first kappa shape index (κ1) is 17.6. The van der Waals surface area contributed by atoms with Gasteiger partial charge in [0.2, 0.25) is 11.9 Å². The van der Waals surface area contributed by atoms with Crippen LogP contribution in [0.1, 0.15) is 32.1 Å². The second kappa shape index (κ2) is 8.28. The number of hydrogen-bond acceptors (Lipinski definition) is 7. The van der Waals surface area contributed by atoms with Crippen LogP contribution in [-0.2, 0) is 4.79 Å². The average Bonchev–Trinajstić information content (AvgIpc) is 2.76. The van der Waals surface area contributed by atoms with Gasteiger partial charge >= 0.3 is 0 Å². The lowest BCUT2D eigenvalue weighted by Crippen LogP contribution is -2.47. The average molecular weight is 367 g/mol. The molecule has 8 heteroatoms. The van der Waals surface area contributed by atoms with E-state index in [0.29, 0.717) is 5.82 Å². The first-order chi connectivity index (χ1) is 13.3. The van der Waals surface area contributed by atoms with Gasteiger partial charge in [0.25, 0.3) is 0 Å². The predicted molar refractivity (Wildman–Crippen MR) is 104 cm³/mol. The Labute approximate surface area is 159 Å². The number of nitrogens with one attached hydrogen (secondary N) is 1. The number of amides is 1. The summed E-state index contributed by atoms with van der Waals surface area (Å²) in [6, 6.07) is 5.60. The molecule has 0 bridgehead atoms. The van der Waals surface area contributed by atoms with Crippen molar-refractivity contribution in [3.63, 3.8) is 0 Å². The van der Waals surface area contributed by atoms with Crippen molar-refractivity contribution in [3.05, 3.63) is 30.6 Å². The molecule has 1 aliphatic heterocycles. The van der Waals surface area contributed by atoms with Crippen molar-refractivity contribution in [1.29, 1.82) is 0 Å². The minimum absolute atomic E-state index is 0.0771. The monoisotopic (exact) mass is 367 g/mol. The van der Waals surface area contributed by atoms with E-state index in [9.17, 15) is 4.79 Å². The third-order valence-electron chi connectivity index (χ3n) is 5.32. The van der Waals surface area contributed by atoms with Crippen LogP contribution in [0.2, 0.25) is 0 Å². The molecule has 0 aromatic carbocycles. The number of hydrogen-bond donors (Lipinski definition) is 1. The Morgan fingerprint density at radius 2 is 1.63 bits per heavy atom. The van der Waals surface area contributed by atoms with E-state index >= 15 is 0 Å². The van der Waals surface area contributed by atoms with Crippen LogP contribution in [0.15, 0.2) is 30.6 Å². The van der Waals surface area contributed by atoms with Gasteiger partial charge in [-0.3, -0.25) is 4.79 Å². The molecule has 27 heavy (non-hydrogen) atoms. The summed E-state index contributed by atoms with van der Waals surface area (Å²) in [6.07, 6.45) is 9.01. The fraction of sp³-hybridized carbons (Fsp3) is 0.526. The quantitative estimate of drug-likeness (QED) is 0.885. The largest absolute Gasteiger partial charge is 0.352 e. The SMILES string of the molecule is O=C(Nc1ccc(N2CCN(c3ncccn3)CC2)nn1)C1CCCCC1. The number of carbonyl (C=O) groups is 1. The Hall–Kier alpha value is -2.77. The first-order valence-electron chi connectivity index (χ1n) is 9.71. The Balaban J connectivity index is 1.31. The molecule has 2 aromatic heterocycles. The summed E-state index contributed by atoms with van der Waals surface area (Å²) < 4.78 is 0. The van der Waals surface area contributed by atoms with E-state index in [4.69, 9.17) is 0 Å². The lowest BCUT2D eigenvalue weighted by molar-refractivity contribution is -0.120. The van der Waals surface area contributed by atoms with Crippen molar-refractivity contribution >= 4 is 23.5 Å². The lowest BCUT2D eigenvalue weighted by Gasteiger charge is -2.35. The van der Waals surface area contributed by atoms with Crippen LogP contribution in [0, 0.1) is 5.92 Å². The molecule has 2 fully saturated rings. The van der Waals surface area contributed by atoms with Crippen LogP contribution >= 0.6 is 0 Å². The predicted octanol–water partition coefficient (Wildman–Crippen LogP) is 2.11. The summed E-state index contributed by atoms with van der Waals surface area (Å²) in [5.41, 5.74) is 0. The highest BCUT2D eigenvalue weighted by molar-refractivity contribution is 5.91. The van der Waals surface area contributed by atoms with Gasteiger partial charge in [0.1, 0.15) is 0 Å². The van der Waals surface area contributed by atoms with E-state index in [-0.39, 0.29) is 11.8 Å². The molecule has 1 saturated heterocycles. The second-order valence-corrected chi connectivity index (χ2v) is 7.12. The molecule has 1 saturated carbocycles. The van der Waals surface area contributed by atoms with Gasteiger partial charge in [-0.1, -0.05) is 19.3 Å². The molecule has 1 N–H and O–H groups in total. The van der Waals surface area contributed by atoms with Gasteiger partial charge in [-0.2, -0.15) is 0 Å². The summed E-state index contributed by atoms with van der Waals surface area (Å²) in [4.78, 5) is 25.3. The molecule has 1 amide bonds. The Morgan fingerprint density at radius 1 is 0.926 bits per heavy atom. The number of rotatable bonds is 4. The molecule has 8 nitrogen and oxygen atoms in total. The third-order valence-corrected chi connectivity index (χ3v) is 5.32. The van der Waals surface area contributed by atoms with E-state index in [0.717, 1.165) is 63.6 Å². The molecule has 0 spiro atoms. The molecular weight excluding hydrogens is 342 g/mol. The Bertz CT molecular complexity index is 738. The van der Waals surface area contributed by atoms with E-state index in [1.807, 2.05) is 18.2 Å². The summed E-state index contributed by atoms with van der Waals surface area (Å²) in [6.45, 7) is 3.35. The summed E-state index contributed by atoms with van der Waals surface area (Å²) >= 11 is 0. The highest BCUT2D eigenvalue weighted by atomic mass is 16.1. The zero-order valence-electron chi connectivity index (χ0n) is 15.4.